The molecular formula is C23H34N4O8. The van der Waals surface area contributed by atoms with Gasteiger partial charge in [0.05, 0.1) is 12.5 Å². The van der Waals surface area contributed by atoms with Gasteiger partial charge in [-0.2, -0.15) is 0 Å². The quantitative estimate of drug-likeness (QED) is 0.169. The predicted molar refractivity (Wildman–Crippen MR) is 125 cm³/mol. The Hall–Kier alpha value is -3.51. The Labute approximate surface area is 203 Å². The predicted octanol–water partition coefficient (Wildman–Crippen LogP) is -1.00. The van der Waals surface area contributed by atoms with E-state index in [9.17, 15) is 34.2 Å². The second kappa shape index (κ2) is 14.0. The van der Waals surface area contributed by atoms with E-state index in [0.29, 0.717) is 5.56 Å². The lowest BCUT2D eigenvalue weighted by molar-refractivity contribution is -0.143. The van der Waals surface area contributed by atoms with Gasteiger partial charge in [0.15, 0.2) is 0 Å². The molecule has 0 saturated heterocycles. The average Bonchev–Trinajstić information content (AvgIpc) is 2.76. The van der Waals surface area contributed by atoms with Crippen molar-refractivity contribution in [3.05, 3.63) is 35.9 Å². The van der Waals surface area contributed by atoms with Crippen LogP contribution in [0.3, 0.4) is 0 Å². The molecule has 1 aromatic carbocycles. The highest BCUT2D eigenvalue weighted by atomic mass is 16.4. The van der Waals surface area contributed by atoms with Crippen molar-refractivity contribution in [3.8, 4) is 0 Å². The van der Waals surface area contributed by atoms with Crippen LogP contribution in [-0.4, -0.2) is 75.3 Å². The molecule has 1 rings (SSSR count). The molecule has 1 aromatic rings. The summed E-state index contributed by atoms with van der Waals surface area (Å²) in [6, 6.07) is 3.23. The van der Waals surface area contributed by atoms with E-state index < -0.39 is 66.4 Å². The summed E-state index contributed by atoms with van der Waals surface area (Å²) in [5, 5.41) is 35.2. The first kappa shape index (κ1) is 29.5. The number of carbonyl (C=O) groups is 5. The fourth-order valence-electron chi connectivity index (χ4n) is 3.17. The average molecular weight is 495 g/mol. The fraction of sp³-hybridized carbons (Fsp3) is 0.522. The van der Waals surface area contributed by atoms with Gasteiger partial charge < -0.3 is 37.0 Å². The molecule has 8 N–H and O–H groups in total. The van der Waals surface area contributed by atoms with Crippen LogP contribution in [0.5, 0.6) is 0 Å². The van der Waals surface area contributed by atoms with Crippen LogP contribution in [0.15, 0.2) is 30.3 Å². The maximum atomic E-state index is 12.9. The van der Waals surface area contributed by atoms with Crippen LogP contribution in [0, 0.1) is 5.92 Å². The summed E-state index contributed by atoms with van der Waals surface area (Å²) in [6.45, 7) is 4.82. The monoisotopic (exact) mass is 494 g/mol. The summed E-state index contributed by atoms with van der Waals surface area (Å²) in [7, 11) is 0. The minimum Gasteiger partial charge on any atom is -0.481 e. The third-order valence-electron chi connectivity index (χ3n) is 5.07. The Morgan fingerprint density at radius 2 is 1.34 bits per heavy atom. The second-order valence-electron chi connectivity index (χ2n) is 8.71. The summed E-state index contributed by atoms with van der Waals surface area (Å²) >= 11 is 0. The van der Waals surface area contributed by atoms with Gasteiger partial charge in [-0.3, -0.25) is 19.2 Å². The van der Waals surface area contributed by atoms with Crippen molar-refractivity contribution in [2.45, 2.75) is 70.3 Å². The Kier molecular flexibility index (Phi) is 11.8. The third-order valence-corrected chi connectivity index (χ3v) is 5.07. The second-order valence-corrected chi connectivity index (χ2v) is 8.71. The molecule has 0 saturated carbocycles. The first-order chi connectivity index (χ1) is 16.3. The fourth-order valence-corrected chi connectivity index (χ4v) is 3.17. The van der Waals surface area contributed by atoms with Crippen LogP contribution >= 0.6 is 0 Å². The Morgan fingerprint density at radius 3 is 1.83 bits per heavy atom. The molecule has 0 spiro atoms. The molecule has 0 fully saturated rings. The Morgan fingerprint density at radius 1 is 0.829 bits per heavy atom. The van der Waals surface area contributed by atoms with Crippen molar-refractivity contribution < 1.29 is 39.3 Å². The summed E-state index contributed by atoms with van der Waals surface area (Å²) < 4.78 is 0. The van der Waals surface area contributed by atoms with Gasteiger partial charge in [0.1, 0.15) is 24.2 Å². The number of aliphatic carboxylic acids is 2. The van der Waals surface area contributed by atoms with E-state index in [1.165, 1.54) is 6.92 Å². The normalized spacial score (nSPS) is 15.3. The van der Waals surface area contributed by atoms with Gasteiger partial charge in [0.25, 0.3) is 0 Å². The van der Waals surface area contributed by atoms with E-state index >= 15 is 0 Å². The van der Waals surface area contributed by atoms with Gasteiger partial charge in [0, 0.05) is 6.42 Å². The molecular weight excluding hydrogens is 460 g/mol. The number of carboxylic acids is 2. The van der Waals surface area contributed by atoms with Crippen LogP contribution < -0.4 is 21.7 Å². The highest BCUT2D eigenvalue weighted by Gasteiger charge is 2.32. The molecule has 0 aliphatic heterocycles. The van der Waals surface area contributed by atoms with Crippen LogP contribution in [0.4, 0.5) is 0 Å². The number of hydrogen-bond donors (Lipinski definition) is 7. The number of amides is 3. The molecule has 0 aromatic heterocycles. The van der Waals surface area contributed by atoms with E-state index in [1.807, 2.05) is 0 Å². The maximum absolute atomic E-state index is 12.9. The molecule has 0 aliphatic rings. The molecule has 5 atom stereocenters. The van der Waals surface area contributed by atoms with E-state index in [0.717, 1.165) is 0 Å². The van der Waals surface area contributed by atoms with Crippen molar-refractivity contribution in [1.29, 1.82) is 0 Å². The summed E-state index contributed by atoms with van der Waals surface area (Å²) in [5.41, 5.74) is 6.22. The van der Waals surface area contributed by atoms with E-state index in [4.69, 9.17) is 10.8 Å². The van der Waals surface area contributed by atoms with Gasteiger partial charge in [-0.05, 0) is 24.8 Å². The van der Waals surface area contributed by atoms with Gasteiger partial charge in [-0.15, -0.1) is 0 Å². The molecule has 194 valence electrons. The lowest BCUT2D eigenvalue weighted by atomic mass is 10.0. The molecule has 0 bridgehead atoms. The first-order valence-electron chi connectivity index (χ1n) is 11.1. The molecule has 0 heterocycles. The Balaban J connectivity index is 3.02. The van der Waals surface area contributed by atoms with Crippen molar-refractivity contribution in [2.75, 3.05) is 0 Å². The van der Waals surface area contributed by atoms with Crippen molar-refractivity contribution in [2.24, 2.45) is 11.7 Å². The number of carbonyl (C=O) groups excluding carboxylic acids is 3. The number of hydrogen-bond acceptors (Lipinski definition) is 7. The SMILES string of the molecule is CC(C)CC(NC(=O)C(CC(=O)O)NC(=O)C(N)C(C)O)C(=O)NC(Cc1ccccc1)C(=O)O. The third kappa shape index (κ3) is 10.5. The number of aliphatic hydroxyl groups excluding tert-OH is 1. The van der Waals surface area contributed by atoms with Crippen LogP contribution in [0.1, 0.15) is 39.2 Å². The minimum atomic E-state index is -1.58. The lowest BCUT2D eigenvalue weighted by Crippen LogP contribution is -2.58. The maximum Gasteiger partial charge on any atom is 0.326 e. The van der Waals surface area contributed by atoms with E-state index in [1.54, 1.807) is 44.2 Å². The highest BCUT2D eigenvalue weighted by molar-refractivity contribution is 5.95. The minimum absolute atomic E-state index is 0.0131. The Bertz CT molecular complexity index is 891. The lowest BCUT2D eigenvalue weighted by Gasteiger charge is -2.26. The standard InChI is InChI=1S/C23H34N4O8/c1-12(2)9-15(20(31)27-17(23(34)35)10-14-7-5-4-6-8-14)25-21(32)16(11-18(29)30)26-22(33)19(24)13(3)28/h4-8,12-13,15-17,19,28H,9-11,24H2,1-3H3,(H,25,32)(H,26,33)(H,27,31)(H,29,30)(H,34,35). The number of rotatable bonds is 14. The number of benzene rings is 1. The number of nitrogens with one attached hydrogen (secondary N) is 3. The van der Waals surface area contributed by atoms with Gasteiger partial charge in [0.2, 0.25) is 17.7 Å². The van der Waals surface area contributed by atoms with Gasteiger partial charge >= 0.3 is 11.9 Å². The topological polar surface area (TPSA) is 208 Å². The summed E-state index contributed by atoms with van der Waals surface area (Å²) in [6.07, 6.45) is -1.91. The molecule has 0 aliphatic carbocycles. The zero-order chi connectivity index (χ0) is 26.7. The first-order valence-corrected chi connectivity index (χ1v) is 11.1. The smallest absolute Gasteiger partial charge is 0.326 e. The number of carboxylic acid groups (broad SMARTS) is 2. The van der Waals surface area contributed by atoms with Crippen LogP contribution in [0.2, 0.25) is 0 Å². The molecule has 12 nitrogen and oxygen atoms in total. The number of nitrogens with two attached hydrogens (primary N) is 1. The summed E-state index contributed by atoms with van der Waals surface area (Å²) in [5.74, 6) is -5.43. The molecule has 12 heteroatoms. The summed E-state index contributed by atoms with van der Waals surface area (Å²) in [4.78, 5) is 60.9. The van der Waals surface area contributed by atoms with E-state index in [-0.39, 0.29) is 18.8 Å². The zero-order valence-electron chi connectivity index (χ0n) is 19.9. The highest BCUT2D eigenvalue weighted by Crippen LogP contribution is 2.09. The molecule has 5 unspecified atom stereocenters. The van der Waals surface area contributed by atoms with Crippen molar-refractivity contribution in [3.63, 3.8) is 0 Å². The van der Waals surface area contributed by atoms with Gasteiger partial charge in [-0.1, -0.05) is 44.2 Å². The van der Waals surface area contributed by atoms with Crippen molar-refractivity contribution in [1.82, 2.24) is 16.0 Å². The van der Waals surface area contributed by atoms with E-state index in [2.05, 4.69) is 16.0 Å². The van der Waals surface area contributed by atoms with Crippen LogP contribution in [-0.2, 0) is 30.4 Å². The largest absolute Gasteiger partial charge is 0.481 e. The molecule has 35 heavy (non-hydrogen) atoms. The van der Waals surface area contributed by atoms with Gasteiger partial charge in [-0.25, -0.2) is 4.79 Å². The zero-order valence-corrected chi connectivity index (χ0v) is 19.9. The van der Waals surface area contributed by atoms with Crippen LogP contribution in [0.25, 0.3) is 0 Å². The van der Waals surface area contributed by atoms with Crippen molar-refractivity contribution >= 4 is 29.7 Å². The molecule has 3 amide bonds. The number of aliphatic hydroxyl groups is 1. The molecule has 0 radical (unpaired) electrons.